The van der Waals surface area contributed by atoms with Crippen molar-refractivity contribution in [2.45, 2.75) is 51.9 Å². The number of imidazole rings is 1. The molecule has 4 heteroatoms. The number of aromatic nitrogens is 2. The van der Waals surface area contributed by atoms with Crippen LogP contribution in [-0.4, -0.2) is 22.9 Å². The van der Waals surface area contributed by atoms with Crippen LogP contribution in [0.5, 0.6) is 0 Å². The van der Waals surface area contributed by atoms with Gasteiger partial charge in [0.1, 0.15) is 5.82 Å². The monoisotopic (exact) mass is 237 g/mol. The standard InChI is InChI=1S/C13H23N3O/c1-11-15-10-12(16-11)8-6-4-3-5-7-9-13(17)14-2/h10H,3-9H2,1-2H3,(H,14,17)(H,15,16). The van der Waals surface area contributed by atoms with E-state index in [0.717, 1.165) is 25.1 Å². The fourth-order valence-electron chi connectivity index (χ4n) is 1.86. The number of hydrogen-bond donors (Lipinski definition) is 2. The summed E-state index contributed by atoms with van der Waals surface area (Å²) >= 11 is 0. The van der Waals surface area contributed by atoms with E-state index in [1.807, 2.05) is 13.1 Å². The molecule has 0 saturated carbocycles. The van der Waals surface area contributed by atoms with Crippen LogP contribution in [-0.2, 0) is 11.2 Å². The minimum atomic E-state index is 0.151. The van der Waals surface area contributed by atoms with Crippen LogP contribution in [0.4, 0.5) is 0 Å². The second-order valence-electron chi connectivity index (χ2n) is 4.43. The first-order chi connectivity index (χ1) is 8.22. The summed E-state index contributed by atoms with van der Waals surface area (Å²) in [6.07, 6.45) is 9.45. The molecule has 0 fully saturated rings. The lowest BCUT2D eigenvalue weighted by atomic mass is 10.1. The highest BCUT2D eigenvalue weighted by atomic mass is 16.1. The molecule has 0 aliphatic rings. The van der Waals surface area contributed by atoms with Crippen LogP contribution in [0.1, 0.15) is 50.0 Å². The largest absolute Gasteiger partial charge is 0.359 e. The molecule has 1 rings (SSSR count). The average molecular weight is 237 g/mol. The number of unbranched alkanes of at least 4 members (excludes halogenated alkanes) is 4. The van der Waals surface area contributed by atoms with Gasteiger partial charge in [-0.3, -0.25) is 4.79 Å². The molecular formula is C13H23N3O. The maximum Gasteiger partial charge on any atom is 0.219 e. The van der Waals surface area contributed by atoms with Gasteiger partial charge in [-0.2, -0.15) is 0 Å². The van der Waals surface area contributed by atoms with E-state index in [-0.39, 0.29) is 5.91 Å². The van der Waals surface area contributed by atoms with Gasteiger partial charge in [0.05, 0.1) is 0 Å². The van der Waals surface area contributed by atoms with Crippen LogP contribution in [0.25, 0.3) is 0 Å². The fraction of sp³-hybridized carbons (Fsp3) is 0.692. The van der Waals surface area contributed by atoms with Crippen molar-refractivity contribution in [2.24, 2.45) is 0 Å². The summed E-state index contributed by atoms with van der Waals surface area (Å²) in [6.45, 7) is 1.97. The molecule has 0 aliphatic heterocycles. The Morgan fingerprint density at radius 2 is 2.00 bits per heavy atom. The number of nitrogens with one attached hydrogen (secondary N) is 2. The third-order valence-electron chi connectivity index (χ3n) is 2.88. The minimum Gasteiger partial charge on any atom is -0.359 e. The normalized spacial score (nSPS) is 10.5. The predicted molar refractivity (Wildman–Crippen MR) is 68.8 cm³/mol. The number of aryl methyl sites for hydroxylation is 2. The Morgan fingerprint density at radius 3 is 2.65 bits per heavy atom. The van der Waals surface area contributed by atoms with E-state index < -0.39 is 0 Å². The van der Waals surface area contributed by atoms with Crippen LogP contribution >= 0.6 is 0 Å². The second-order valence-corrected chi connectivity index (χ2v) is 4.43. The van der Waals surface area contributed by atoms with E-state index in [0.29, 0.717) is 6.42 Å². The molecule has 1 heterocycles. The maximum absolute atomic E-state index is 11.0. The van der Waals surface area contributed by atoms with Crippen molar-refractivity contribution in [1.82, 2.24) is 15.3 Å². The van der Waals surface area contributed by atoms with Crippen molar-refractivity contribution in [3.05, 3.63) is 17.7 Å². The Kier molecular flexibility index (Phi) is 6.37. The van der Waals surface area contributed by atoms with E-state index in [2.05, 4.69) is 15.3 Å². The summed E-state index contributed by atoms with van der Waals surface area (Å²) in [6, 6.07) is 0. The zero-order valence-electron chi connectivity index (χ0n) is 10.9. The van der Waals surface area contributed by atoms with Crippen LogP contribution in [0, 0.1) is 6.92 Å². The number of rotatable bonds is 8. The zero-order chi connectivity index (χ0) is 12.5. The smallest absolute Gasteiger partial charge is 0.219 e. The summed E-state index contributed by atoms with van der Waals surface area (Å²) in [5.41, 5.74) is 1.23. The third-order valence-corrected chi connectivity index (χ3v) is 2.88. The molecule has 0 radical (unpaired) electrons. The van der Waals surface area contributed by atoms with E-state index in [1.54, 1.807) is 7.05 Å². The molecule has 4 nitrogen and oxygen atoms in total. The van der Waals surface area contributed by atoms with Gasteiger partial charge < -0.3 is 10.3 Å². The lowest BCUT2D eigenvalue weighted by Gasteiger charge is -2.01. The molecule has 0 aliphatic carbocycles. The number of carbonyl (C=O) groups is 1. The molecule has 17 heavy (non-hydrogen) atoms. The van der Waals surface area contributed by atoms with Crippen molar-refractivity contribution in [3.63, 3.8) is 0 Å². The Bertz CT molecular complexity index is 333. The van der Waals surface area contributed by atoms with Crippen molar-refractivity contribution in [3.8, 4) is 0 Å². The first kappa shape index (κ1) is 13.7. The molecule has 0 atom stereocenters. The van der Waals surface area contributed by atoms with Gasteiger partial charge in [-0.25, -0.2) is 4.98 Å². The van der Waals surface area contributed by atoms with Gasteiger partial charge in [0.15, 0.2) is 0 Å². The fourth-order valence-corrected chi connectivity index (χ4v) is 1.86. The maximum atomic E-state index is 11.0. The molecule has 1 aromatic heterocycles. The van der Waals surface area contributed by atoms with E-state index in [1.165, 1.54) is 25.0 Å². The summed E-state index contributed by atoms with van der Waals surface area (Å²) in [7, 11) is 1.69. The Morgan fingerprint density at radius 1 is 1.29 bits per heavy atom. The number of H-pyrrole nitrogens is 1. The lowest BCUT2D eigenvalue weighted by molar-refractivity contribution is -0.120. The zero-order valence-corrected chi connectivity index (χ0v) is 10.9. The first-order valence-electron chi connectivity index (χ1n) is 6.43. The second kappa shape index (κ2) is 7.87. The molecule has 0 aromatic carbocycles. The van der Waals surface area contributed by atoms with Gasteiger partial charge in [-0.1, -0.05) is 19.3 Å². The summed E-state index contributed by atoms with van der Waals surface area (Å²) < 4.78 is 0. The summed E-state index contributed by atoms with van der Waals surface area (Å²) in [5, 5.41) is 2.64. The average Bonchev–Trinajstić information content (AvgIpc) is 2.73. The number of hydrogen-bond acceptors (Lipinski definition) is 2. The SMILES string of the molecule is CNC(=O)CCCCCCCc1cnc(C)[nH]1. The van der Waals surface area contributed by atoms with E-state index >= 15 is 0 Å². The van der Waals surface area contributed by atoms with E-state index in [9.17, 15) is 4.79 Å². The van der Waals surface area contributed by atoms with Crippen LogP contribution < -0.4 is 5.32 Å². The summed E-state index contributed by atoms with van der Waals surface area (Å²) in [4.78, 5) is 18.4. The van der Waals surface area contributed by atoms with Gasteiger partial charge in [0, 0.05) is 25.4 Å². The number of aromatic amines is 1. The first-order valence-corrected chi connectivity index (χ1v) is 6.43. The van der Waals surface area contributed by atoms with Crippen LogP contribution in [0.3, 0.4) is 0 Å². The van der Waals surface area contributed by atoms with Crippen molar-refractivity contribution >= 4 is 5.91 Å². The van der Waals surface area contributed by atoms with Crippen LogP contribution in [0.2, 0.25) is 0 Å². The molecular weight excluding hydrogens is 214 g/mol. The molecule has 0 saturated heterocycles. The Balaban J connectivity index is 1.93. The third kappa shape index (κ3) is 6.09. The van der Waals surface area contributed by atoms with Gasteiger partial charge in [0.2, 0.25) is 5.91 Å². The number of carbonyl (C=O) groups excluding carboxylic acids is 1. The van der Waals surface area contributed by atoms with Crippen molar-refractivity contribution in [1.29, 1.82) is 0 Å². The molecule has 0 bridgehead atoms. The molecule has 2 N–H and O–H groups in total. The minimum absolute atomic E-state index is 0.151. The molecule has 1 aromatic rings. The quantitative estimate of drug-likeness (QED) is 0.682. The van der Waals surface area contributed by atoms with E-state index in [4.69, 9.17) is 0 Å². The number of amides is 1. The number of nitrogens with zero attached hydrogens (tertiary/aromatic N) is 1. The molecule has 0 spiro atoms. The Labute approximate surface area is 103 Å². The molecule has 1 amide bonds. The highest BCUT2D eigenvalue weighted by Crippen LogP contribution is 2.08. The van der Waals surface area contributed by atoms with Crippen LogP contribution in [0.15, 0.2) is 6.20 Å². The summed E-state index contributed by atoms with van der Waals surface area (Å²) in [5.74, 6) is 1.14. The molecule has 0 unspecified atom stereocenters. The highest BCUT2D eigenvalue weighted by molar-refractivity contribution is 5.75. The van der Waals surface area contributed by atoms with Gasteiger partial charge in [-0.05, 0) is 26.2 Å². The van der Waals surface area contributed by atoms with Crippen molar-refractivity contribution < 1.29 is 4.79 Å². The molecule has 96 valence electrons. The lowest BCUT2D eigenvalue weighted by Crippen LogP contribution is -2.16. The topological polar surface area (TPSA) is 57.8 Å². The predicted octanol–water partition coefficient (Wildman–Crippen LogP) is 2.35. The highest BCUT2D eigenvalue weighted by Gasteiger charge is 1.99. The van der Waals surface area contributed by atoms with Gasteiger partial charge in [0.25, 0.3) is 0 Å². The Hall–Kier alpha value is -1.32. The van der Waals surface area contributed by atoms with Crippen molar-refractivity contribution in [2.75, 3.05) is 7.05 Å². The van der Waals surface area contributed by atoms with Gasteiger partial charge >= 0.3 is 0 Å². The van der Waals surface area contributed by atoms with Gasteiger partial charge in [-0.15, -0.1) is 0 Å².